The van der Waals surface area contributed by atoms with E-state index in [9.17, 15) is 0 Å². The predicted molar refractivity (Wildman–Crippen MR) is 398 cm³/mol. The monoisotopic (exact) mass is 1900 g/mol. The average molecular weight is 1900 g/mol. The van der Waals surface area contributed by atoms with Gasteiger partial charge in [-0.05, 0) is 117 Å². The van der Waals surface area contributed by atoms with Crippen LogP contribution < -0.4 is 0 Å². The van der Waals surface area contributed by atoms with Crippen molar-refractivity contribution in [2.45, 2.75) is 49.0 Å². The zero-order chi connectivity index (χ0) is 56.8. The summed E-state index contributed by atoms with van der Waals surface area (Å²) in [7, 11) is 1.00. The van der Waals surface area contributed by atoms with Gasteiger partial charge in [0.2, 0.25) is 0 Å². The summed E-state index contributed by atoms with van der Waals surface area (Å²) in [5.41, 5.74) is 7.01. The van der Waals surface area contributed by atoms with Gasteiger partial charge in [0.25, 0.3) is 0 Å². The van der Waals surface area contributed by atoms with Gasteiger partial charge in [-0.3, -0.25) is 0 Å². The number of nitrogens with zero attached hydrogens (tertiary/aromatic N) is 8. The van der Waals surface area contributed by atoms with Crippen molar-refractivity contribution in [1.29, 1.82) is 0 Å². The quantitative estimate of drug-likeness (QED) is 0.118. The summed E-state index contributed by atoms with van der Waals surface area (Å²) in [6.45, 7) is 12.0. The number of azo groups is 4. The molecule has 12 aromatic rings. The fourth-order valence-electron chi connectivity index (χ4n) is 7.50. The Bertz CT molecular complexity index is 3530. The summed E-state index contributed by atoms with van der Waals surface area (Å²) in [5, 5.41) is 50.5. The molecule has 17 heteroatoms. The second-order valence-corrected chi connectivity index (χ2v) is 16.2. The second kappa shape index (κ2) is 79.0. The Labute approximate surface area is 789 Å². The summed E-state index contributed by atoms with van der Waals surface area (Å²) in [6.07, 6.45) is 0. The van der Waals surface area contributed by atoms with Crippen LogP contribution in [0.1, 0.15) is 49.0 Å². The van der Waals surface area contributed by atoms with Gasteiger partial charge in [0.1, 0.15) is 0 Å². The van der Waals surface area contributed by atoms with E-state index in [1.54, 1.807) is 0 Å². The normalized spacial score (nSPS) is 8.49. The van der Waals surface area contributed by atoms with Crippen LogP contribution in [0.2, 0.25) is 0 Å². The standard InChI is InChI=1S/4C16H12N2.3C2H6.CH4O.CH4.8CH3.8Y/c2*1-2-9-14(10-3-1)17-18-16-12-6-8-13-7-4-5-11-15(13)16;2*1-2-8-15(9-3-1)17-18-16-11-10-13-6-4-5-7-14(13)12-16;4*1-2;;;;;;;;;;;;;;;;;/h4*1-12H;3*1-2H3;2H,1H3;1H4;8*1H3;;;;;;;;/q;;;;;;;;;8*-1;;;;;;;;. The van der Waals surface area contributed by atoms with E-state index < -0.39 is 0 Å². The van der Waals surface area contributed by atoms with Crippen molar-refractivity contribution in [3.05, 3.63) is 351 Å². The predicted octanol–water partition coefficient (Wildman–Crippen LogP) is 27.9. The van der Waals surface area contributed by atoms with Crippen LogP contribution >= 0.6 is 0 Å². The maximum absolute atomic E-state index is 7.00. The molecule has 0 aliphatic rings. The van der Waals surface area contributed by atoms with Gasteiger partial charge < -0.3 is 64.5 Å². The maximum atomic E-state index is 7.00. The third kappa shape index (κ3) is 46.3. The van der Waals surface area contributed by atoms with Crippen LogP contribution in [0.25, 0.3) is 43.1 Å². The molecule has 12 aromatic carbocycles. The van der Waals surface area contributed by atoms with Crippen molar-refractivity contribution in [3.8, 4) is 0 Å². The Morgan fingerprint density at radius 3 is 0.649 bits per heavy atom. The van der Waals surface area contributed by atoms with Crippen LogP contribution in [-0.2, 0) is 262 Å². The zero-order valence-corrected chi connectivity index (χ0v) is 82.1. The molecule has 496 valence electrons. The topological polar surface area (TPSA) is 119 Å². The largest absolute Gasteiger partial charge is 0.400 e. The van der Waals surface area contributed by atoms with Crippen LogP contribution in [0.4, 0.5) is 45.5 Å². The smallest absolute Gasteiger partial charge is 0.0935 e. The van der Waals surface area contributed by atoms with Crippen molar-refractivity contribution in [2.24, 2.45) is 40.9 Å². The van der Waals surface area contributed by atoms with E-state index in [1.165, 1.54) is 32.3 Å². The fourth-order valence-corrected chi connectivity index (χ4v) is 7.50. The van der Waals surface area contributed by atoms with Crippen molar-refractivity contribution in [3.63, 3.8) is 0 Å². The van der Waals surface area contributed by atoms with Crippen LogP contribution in [0.5, 0.6) is 0 Å². The maximum Gasteiger partial charge on any atom is 0.0935 e. The van der Waals surface area contributed by atoms with Crippen LogP contribution in [0.15, 0.2) is 332 Å². The Hall–Kier alpha value is -1.13. The molecule has 0 unspecified atom stereocenters. The molecule has 0 aromatic heterocycles. The summed E-state index contributed by atoms with van der Waals surface area (Å²) >= 11 is 0. The minimum atomic E-state index is 0. The first-order valence-electron chi connectivity index (χ1n) is 27.0. The minimum absolute atomic E-state index is 0. The molecule has 12 rings (SSSR count). The van der Waals surface area contributed by atoms with Crippen molar-refractivity contribution < 1.29 is 267 Å². The van der Waals surface area contributed by atoms with Gasteiger partial charge in [-0.2, -0.15) is 30.7 Å². The van der Waals surface area contributed by atoms with Crippen molar-refractivity contribution in [2.75, 3.05) is 7.11 Å². The van der Waals surface area contributed by atoms with Gasteiger partial charge in [-0.25, -0.2) is 0 Å². The minimum Gasteiger partial charge on any atom is -0.400 e. The number of hydrogen-bond donors (Lipinski definition) is 1. The molecule has 0 bridgehead atoms. The van der Waals surface area contributed by atoms with Crippen molar-refractivity contribution in [1.82, 2.24) is 0 Å². The first kappa shape index (κ1) is 126. The van der Waals surface area contributed by atoms with Crippen LogP contribution in [0.3, 0.4) is 0 Å². The van der Waals surface area contributed by atoms with Gasteiger partial charge in [-0.1, -0.05) is 255 Å². The number of hydrogen-bond acceptors (Lipinski definition) is 9. The average Bonchev–Trinajstić information content (AvgIpc) is 0.884. The first-order valence-corrected chi connectivity index (χ1v) is 27.0. The molecular weight excluding hydrogens is 1800 g/mol. The Balaban J connectivity index is -0.0000000805. The van der Waals surface area contributed by atoms with Crippen LogP contribution in [-0.4, -0.2) is 12.2 Å². The van der Waals surface area contributed by atoms with E-state index >= 15 is 0 Å². The van der Waals surface area contributed by atoms with Gasteiger partial charge in [-0.15, -0.1) is 10.2 Å². The van der Waals surface area contributed by atoms with E-state index in [4.69, 9.17) is 5.11 Å². The molecule has 0 aliphatic carbocycles. The number of aliphatic hydroxyl groups is 1. The van der Waals surface area contributed by atoms with Gasteiger partial charge in [0, 0.05) is 280 Å². The van der Waals surface area contributed by atoms with E-state index in [-0.39, 0.29) is 329 Å². The van der Waals surface area contributed by atoms with Gasteiger partial charge >= 0.3 is 0 Å². The van der Waals surface area contributed by atoms with Gasteiger partial charge in [0.05, 0.1) is 45.5 Å². The first-order chi connectivity index (χ1) is 39.7. The molecule has 0 saturated heterocycles. The summed E-state index contributed by atoms with van der Waals surface area (Å²) in [6, 6.07) is 96.2. The SMILES string of the molecule is C.CC.CC.CC.CO.[CH3-].[CH3-].[CH3-].[CH3-].[CH3-].[CH3-].[CH3-].[CH3-].[Y].[Y].[Y].[Y].[Y].[Y].[Y].[Y].c1ccc(N=Nc2ccc3ccccc3c2)cc1.c1ccc(N=Nc2ccc3ccccc3c2)cc1.c1ccc(N=Nc2cccc3ccccc23)cc1.c1ccc(N=Nc2cccc3ccccc23)cc1. The fraction of sp³-hybridized carbons (Fsp3) is 0.100. The molecule has 0 aliphatic heterocycles. The molecule has 0 heterocycles. The Morgan fingerprint density at radius 1 is 0.186 bits per heavy atom. The van der Waals surface area contributed by atoms with Crippen LogP contribution in [0, 0.1) is 59.4 Å². The summed E-state index contributed by atoms with van der Waals surface area (Å²) in [5.74, 6) is 0. The molecule has 1 N–H and O–H groups in total. The Morgan fingerprint density at radius 2 is 0.381 bits per heavy atom. The molecular formula is C80H98N8OY8-8. The number of rotatable bonds is 8. The number of fused-ring (bicyclic) bond motifs is 4. The third-order valence-corrected chi connectivity index (χ3v) is 11.1. The molecule has 0 atom stereocenters. The summed E-state index contributed by atoms with van der Waals surface area (Å²) < 4.78 is 0. The van der Waals surface area contributed by atoms with E-state index in [0.29, 0.717) is 0 Å². The molecule has 0 spiro atoms. The number of aliphatic hydroxyl groups excluding tert-OH is 1. The zero-order valence-electron chi connectivity index (χ0n) is 59.4. The van der Waals surface area contributed by atoms with E-state index in [1.807, 2.05) is 260 Å². The molecule has 0 fully saturated rings. The molecule has 97 heavy (non-hydrogen) atoms. The second-order valence-electron chi connectivity index (χ2n) is 16.2. The van der Waals surface area contributed by atoms with Gasteiger partial charge in [0.15, 0.2) is 0 Å². The van der Waals surface area contributed by atoms with E-state index in [2.05, 4.69) is 114 Å². The number of benzene rings is 12. The summed E-state index contributed by atoms with van der Waals surface area (Å²) in [4.78, 5) is 0. The van der Waals surface area contributed by atoms with Crippen molar-refractivity contribution >= 4 is 88.6 Å². The third-order valence-electron chi connectivity index (χ3n) is 11.1. The van der Waals surface area contributed by atoms with E-state index in [0.717, 1.165) is 63.4 Å². The molecule has 9 nitrogen and oxygen atoms in total. The Kier molecular flexibility index (Phi) is 102. The molecule has 0 amide bonds. The molecule has 0 saturated carbocycles. The molecule has 8 radical (unpaired) electrons.